The molecule has 1 heterocycles. The summed E-state index contributed by atoms with van der Waals surface area (Å²) in [6, 6.07) is 5.58. The molecule has 0 aliphatic carbocycles. The molecular weight excluding hydrogens is 326 g/mol. The van der Waals surface area contributed by atoms with Gasteiger partial charge < -0.3 is 4.74 Å². The fraction of sp³-hybridized carbons (Fsp3) is 0.143. The molecule has 0 unspecified atom stereocenters. The normalized spacial score (nSPS) is 11.4. The summed E-state index contributed by atoms with van der Waals surface area (Å²) < 4.78 is 55.6. The van der Waals surface area contributed by atoms with Crippen LogP contribution in [0.1, 0.15) is 10.5 Å². The Balaban J connectivity index is 2.58. The van der Waals surface area contributed by atoms with Gasteiger partial charge in [0, 0.05) is 5.56 Å². The molecule has 0 bridgehead atoms. The van der Waals surface area contributed by atoms with Crippen molar-refractivity contribution in [2.45, 2.75) is 6.18 Å². The van der Waals surface area contributed by atoms with Crippen molar-refractivity contribution in [2.24, 2.45) is 0 Å². The molecule has 1 aromatic carbocycles. The number of ketones is 1. The summed E-state index contributed by atoms with van der Waals surface area (Å²) >= 11 is 5.64. The van der Waals surface area contributed by atoms with Crippen LogP contribution in [0.4, 0.5) is 17.6 Å². The Morgan fingerprint density at radius 1 is 1.23 bits per heavy atom. The number of halogens is 5. The number of nitrogens with zero attached hydrogens (tertiary/aromatic N) is 1. The smallest absolute Gasteiger partial charge is 0.456 e. The van der Waals surface area contributed by atoms with Crippen LogP contribution in [0.2, 0.25) is 5.02 Å². The number of hydrogen-bond donors (Lipinski definition) is 0. The first-order chi connectivity index (χ1) is 10.2. The average Bonchev–Trinajstić information content (AvgIpc) is 2.47. The lowest BCUT2D eigenvalue weighted by atomic mass is 10.1. The van der Waals surface area contributed by atoms with E-state index in [1.54, 1.807) is 0 Å². The molecule has 1 aromatic heterocycles. The number of alkyl halides is 3. The summed E-state index contributed by atoms with van der Waals surface area (Å²) in [5.41, 5.74) is -0.608. The van der Waals surface area contributed by atoms with Crippen molar-refractivity contribution in [3.8, 4) is 17.0 Å². The highest BCUT2D eigenvalue weighted by molar-refractivity contribution is 6.31. The Labute approximate surface area is 127 Å². The van der Waals surface area contributed by atoms with E-state index in [0.29, 0.717) is 0 Å². The molecule has 0 spiro atoms. The van der Waals surface area contributed by atoms with Crippen molar-refractivity contribution in [3.05, 3.63) is 46.9 Å². The summed E-state index contributed by atoms with van der Waals surface area (Å²) in [5.74, 6) is -2.64. The molecule has 0 saturated heterocycles. The van der Waals surface area contributed by atoms with Crippen molar-refractivity contribution >= 4 is 17.4 Å². The van der Waals surface area contributed by atoms with E-state index in [-0.39, 0.29) is 22.0 Å². The van der Waals surface area contributed by atoms with Gasteiger partial charge in [0.25, 0.3) is 5.78 Å². The van der Waals surface area contributed by atoms with Crippen LogP contribution in [0.15, 0.2) is 30.3 Å². The summed E-state index contributed by atoms with van der Waals surface area (Å²) in [6.45, 7) is 0. The Morgan fingerprint density at radius 2 is 1.91 bits per heavy atom. The first-order valence-corrected chi connectivity index (χ1v) is 6.24. The highest BCUT2D eigenvalue weighted by Gasteiger charge is 2.40. The van der Waals surface area contributed by atoms with Crippen LogP contribution in [0.25, 0.3) is 11.3 Å². The van der Waals surface area contributed by atoms with Crippen molar-refractivity contribution < 1.29 is 27.1 Å². The number of carbonyl (C=O) groups is 1. The van der Waals surface area contributed by atoms with Crippen molar-refractivity contribution in [1.29, 1.82) is 0 Å². The van der Waals surface area contributed by atoms with Gasteiger partial charge in [0.15, 0.2) is 0 Å². The van der Waals surface area contributed by atoms with Crippen LogP contribution >= 0.6 is 11.6 Å². The third kappa shape index (κ3) is 3.19. The Morgan fingerprint density at radius 3 is 2.45 bits per heavy atom. The zero-order valence-electron chi connectivity index (χ0n) is 11.0. The fourth-order valence-electron chi connectivity index (χ4n) is 1.73. The van der Waals surface area contributed by atoms with Crippen LogP contribution < -0.4 is 4.74 Å². The lowest BCUT2D eigenvalue weighted by molar-refractivity contribution is -0.0888. The van der Waals surface area contributed by atoms with E-state index >= 15 is 0 Å². The van der Waals surface area contributed by atoms with Gasteiger partial charge in [0.2, 0.25) is 0 Å². The zero-order valence-corrected chi connectivity index (χ0v) is 11.8. The zero-order chi connectivity index (χ0) is 16.5. The highest BCUT2D eigenvalue weighted by atomic mass is 35.5. The second-order valence-corrected chi connectivity index (χ2v) is 4.61. The van der Waals surface area contributed by atoms with Gasteiger partial charge in [0.1, 0.15) is 23.0 Å². The van der Waals surface area contributed by atoms with E-state index < -0.39 is 23.5 Å². The summed E-state index contributed by atoms with van der Waals surface area (Å²) in [4.78, 5) is 14.9. The quantitative estimate of drug-likeness (QED) is 0.621. The van der Waals surface area contributed by atoms with Gasteiger partial charge in [-0.2, -0.15) is 13.2 Å². The molecule has 0 aliphatic heterocycles. The van der Waals surface area contributed by atoms with E-state index in [9.17, 15) is 22.4 Å². The predicted molar refractivity (Wildman–Crippen MR) is 71.6 cm³/mol. The molecule has 2 aromatic rings. The molecule has 0 atom stereocenters. The molecule has 0 saturated carbocycles. The highest BCUT2D eigenvalue weighted by Crippen LogP contribution is 2.32. The fourth-order valence-corrected chi connectivity index (χ4v) is 1.91. The molecule has 22 heavy (non-hydrogen) atoms. The van der Waals surface area contributed by atoms with Gasteiger partial charge in [-0.25, -0.2) is 9.37 Å². The topological polar surface area (TPSA) is 39.2 Å². The van der Waals surface area contributed by atoms with Crippen molar-refractivity contribution in [2.75, 3.05) is 7.11 Å². The van der Waals surface area contributed by atoms with E-state index in [0.717, 1.165) is 12.1 Å². The van der Waals surface area contributed by atoms with Gasteiger partial charge >= 0.3 is 6.18 Å². The molecule has 116 valence electrons. The molecule has 3 nitrogen and oxygen atoms in total. The average molecular weight is 334 g/mol. The third-order valence-electron chi connectivity index (χ3n) is 2.76. The van der Waals surface area contributed by atoms with Crippen LogP contribution in [0.5, 0.6) is 5.75 Å². The number of methoxy groups -OCH3 is 1. The van der Waals surface area contributed by atoms with Crippen LogP contribution in [-0.2, 0) is 0 Å². The number of Topliss-reactive ketones (excluding diaryl/α,β-unsaturated/α-hetero) is 1. The largest absolute Gasteiger partial charge is 0.494 e. The number of pyridine rings is 1. The number of ether oxygens (including phenoxy) is 1. The van der Waals surface area contributed by atoms with Gasteiger partial charge in [-0.3, -0.25) is 4.79 Å². The molecule has 0 amide bonds. The summed E-state index contributed by atoms with van der Waals surface area (Å²) in [6.07, 6.45) is -5.04. The summed E-state index contributed by atoms with van der Waals surface area (Å²) in [7, 11) is 1.29. The maximum absolute atomic E-state index is 13.2. The lowest BCUT2D eigenvalue weighted by Gasteiger charge is -2.11. The first-order valence-electron chi connectivity index (χ1n) is 5.86. The van der Waals surface area contributed by atoms with Crippen LogP contribution in [-0.4, -0.2) is 24.1 Å². The number of carbonyl (C=O) groups excluding carboxylic acids is 1. The Bertz CT molecular complexity index is 731. The standard InChI is InChI=1S/C14H8ClF4NO2/c1-22-11-5-4-10(13(21)14(17,18)19)20-12(11)7-2-3-9(16)8(15)6-7/h2-6H,1H3. The maximum Gasteiger partial charge on any atom is 0.456 e. The Hall–Kier alpha value is -2.15. The van der Waals surface area contributed by atoms with Crippen LogP contribution in [0, 0.1) is 5.82 Å². The lowest BCUT2D eigenvalue weighted by Crippen LogP contribution is -2.23. The third-order valence-corrected chi connectivity index (χ3v) is 3.05. The van der Waals surface area contributed by atoms with Gasteiger partial charge in [-0.15, -0.1) is 0 Å². The van der Waals surface area contributed by atoms with Crippen LogP contribution in [0.3, 0.4) is 0 Å². The van der Waals surface area contributed by atoms with E-state index in [2.05, 4.69) is 4.98 Å². The van der Waals surface area contributed by atoms with Gasteiger partial charge in [-0.05, 0) is 30.3 Å². The van der Waals surface area contributed by atoms with Crippen molar-refractivity contribution in [3.63, 3.8) is 0 Å². The van der Waals surface area contributed by atoms with E-state index in [4.69, 9.17) is 16.3 Å². The molecule has 2 rings (SSSR count). The molecule has 0 radical (unpaired) electrons. The second kappa shape index (κ2) is 5.92. The second-order valence-electron chi connectivity index (χ2n) is 4.20. The molecule has 0 fully saturated rings. The van der Waals surface area contributed by atoms with E-state index in [1.165, 1.54) is 25.3 Å². The van der Waals surface area contributed by atoms with E-state index in [1.807, 2.05) is 0 Å². The molecule has 0 aliphatic rings. The number of benzene rings is 1. The minimum Gasteiger partial charge on any atom is -0.494 e. The first kappa shape index (κ1) is 16.2. The van der Waals surface area contributed by atoms with Crippen molar-refractivity contribution in [1.82, 2.24) is 4.98 Å². The monoisotopic (exact) mass is 333 g/mol. The Kier molecular flexibility index (Phi) is 4.37. The molecular formula is C14H8ClF4NO2. The molecule has 0 N–H and O–H groups in total. The minimum atomic E-state index is -5.04. The minimum absolute atomic E-state index is 0.0421. The van der Waals surface area contributed by atoms with Gasteiger partial charge in [0.05, 0.1) is 12.1 Å². The summed E-state index contributed by atoms with van der Waals surface area (Å²) in [5, 5.41) is -0.228. The number of rotatable bonds is 3. The molecule has 8 heteroatoms. The van der Waals surface area contributed by atoms with Gasteiger partial charge in [-0.1, -0.05) is 11.6 Å². The predicted octanol–water partition coefficient (Wildman–Crippen LogP) is 4.29. The number of hydrogen-bond acceptors (Lipinski definition) is 3. The number of aromatic nitrogens is 1. The maximum atomic E-state index is 13.2. The SMILES string of the molecule is COc1ccc(C(=O)C(F)(F)F)nc1-c1ccc(F)c(Cl)c1.